The predicted molar refractivity (Wildman–Crippen MR) is 121 cm³/mol. The number of rotatable bonds is 5. The van der Waals surface area contributed by atoms with Crippen LogP contribution in [0, 0.1) is 0 Å². The first-order chi connectivity index (χ1) is 16.5. The van der Waals surface area contributed by atoms with Gasteiger partial charge in [0.2, 0.25) is 5.91 Å². The van der Waals surface area contributed by atoms with Crippen LogP contribution in [-0.4, -0.2) is 66.9 Å². The molecule has 0 fully saturated rings. The van der Waals surface area contributed by atoms with Crippen molar-refractivity contribution in [2.75, 3.05) is 14.1 Å². The van der Waals surface area contributed by atoms with Crippen molar-refractivity contribution in [3.05, 3.63) is 67.3 Å². The second-order valence-corrected chi connectivity index (χ2v) is 7.46. The lowest BCUT2D eigenvalue weighted by Gasteiger charge is -2.09. The molecule has 0 aliphatic carbocycles. The van der Waals surface area contributed by atoms with Crippen molar-refractivity contribution in [2.45, 2.75) is 12.7 Å². The average Bonchev–Trinajstić information content (AvgIpc) is 3.50. The van der Waals surface area contributed by atoms with E-state index < -0.39 is 12.1 Å². The van der Waals surface area contributed by atoms with Gasteiger partial charge < -0.3 is 15.0 Å². The molecule has 35 heavy (non-hydrogen) atoms. The summed E-state index contributed by atoms with van der Waals surface area (Å²) in [5, 5.41) is 11.4. The highest BCUT2D eigenvalue weighted by Crippen LogP contribution is 2.25. The number of benzene rings is 1. The van der Waals surface area contributed by atoms with Crippen molar-refractivity contribution in [1.29, 1.82) is 0 Å². The first-order valence-electron chi connectivity index (χ1n) is 10.1. The van der Waals surface area contributed by atoms with E-state index in [2.05, 4.69) is 20.1 Å². The van der Waals surface area contributed by atoms with Gasteiger partial charge in [-0.15, -0.1) is 0 Å². The Hall–Kier alpha value is -4.48. The number of nitrogens with one attached hydrogen (secondary N) is 1. The van der Waals surface area contributed by atoms with E-state index in [1.54, 1.807) is 36.1 Å². The number of H-pyrrole nitrogens is 1. The van der Waals surface area contributed by atoms with Gasteiger partial charge >= 0.3 is 12.1 Å². The van der Waals surface area contributed by atoms with Gasteiger partial charge in [0, 0.05) is 32.1 Å². The fourth-order valence-corrected chi connectivity index (χ4v) is 2.83. The van der Waals surface area contributed by atoms with Crippen LogP contribution in [0.1, 0.15) is 0 Å². The van der Waals surface area contributed by atoms with E-state index in [1.807, 2.05) is 54.9 Å². The largest absolute Gasteiger partial charge is 0.490 e. The van der Waals surface area contributed by atoms with Gasteiger partial charge in [-0.3, -0.25) is 14.5 Å². The summed E-state index contributed by atoms with van der Waals surface area (Å²) < 4.78 is 33.4. The molecule has 0 aliphatic rings. The molecule has 182 valence electrons. The van der Waals surface area contributed by atoms with Gasteiger partial charge in [-0.05, 0) is 23.3 Å². The van der Waals surface area contributed by atoms with Crippen LogP contribution in [-0.2, 0) is 16.1 Å². The maximum absolute atomic E-state index is 11.9. The number of alkyl halides is 3. The van der Waals surface area contributed by atoms with Gasteiger partial charge in [0.15, 0.2) is 5.82 Å². The molecule has 3 heterocycles. The Balaban J connectivity index is 0.000000429. The highest BCUT2D eigenvalue weighted by atomic mass is 19.4. The number of halogens is 3. The van der Waals surface area contributed by atoms with E-state index in [0.717, 1.165) is 28.1 Å². The van der Waals surface area contributed by atoms with Gasteiger partial charge in [-0.2, -0.15) is 18.3 Å². The summed E-state index contributed by atoms with van der Waals surface area (Å²) >= 11 is 0. The van der Waals surface area contributed by atoms with Crippen molar-refractivity contribution in [3.8, 4) is 33.9 Å². The Bertz CT molecular complexity index is 1300. The molecule has 0 spiro atoms. The first-order valence-corrected chi connectivity index (χ1v) is 10.1. The number of carbonyl (C=O) groups is 2. The summed E-state index contributed by atoms with van der Waals surface area (Å²) in [6.45, 7) is 0.212. The van der Waals surface area contributed by atoms with E-state index in [0.29, 0.717) is 5.82 Å². The average molecular weight is 486 g/mol. The van der Waals surface area contributed by atoms with Gasteiger partial charge in [-0.1, -0.05) is 30.3 Å². The molecule has 1 amide bonds. The molecule has 0 atom stereocenters. The molecule has 2 N–H and O–H groups in total. The molecule has 1 aromatic carbocycles. The molecular weight excluding hydrogens is 465 g/mol. The Morgan fingerprint density at radius 3 is 2.34 bits per heavy atom. The highest BCUT2D eigenvalue weighted by Gasteiger charge is 2.38. The molecule has 9 nitrogen and oxygen atoms in total. The van der Waals surface area contributed by atoms with Crippen molar-refractivity contribution in [3.63, 3.8) is 0 Å². The molecule has 4 aromatic rings. The fraction of sp³-hybridized carbons (Fsp3) is 0.174. The van der Waals surface area contributed by atoms with Crippen LogP contribution in [0.4, 0.5) is 13.2 Å². The summed E-state index contributed by atoms with van der Waals surface area (Å²) in [5.41, 5.74) is 4.65. The maximum atomic E-state index is 11.9. The second-order valence-electron chi connectivity index (χ2n) is 7.46. The first kappa shape index (κ1) is 25.1. The van der Waals surface area contributed by atoms with E-state index in [-0.39, 0.29) is 12.5 Å². The lowest BCUT2D eigenvalue weighted by atomic mass is 10.1. The van der Waals surface area contributed by atoms with Crippen molar-refractivity contribution >= 4 is 11.9 Å². The zero-order valence-corrected chi connectivity index (χ0v) is 18.7. The number of hydrogen-bond acceptors (Lipinski definition) is 5. The van der Waals surface area contributed by atoms with Crippen LogP contribution in [0.3, 0.4) is 0 Å². The number of aromatic amines is 1. The fourth-order valence-electron chi connectivity index (χ4n) is 2.83. The van der Waals surface area contributed by atoms with Crippen LogP contribution in [0.15, 0.2) is 67.3 Å². The van der Waals surface area contributed by atoms with Crippen LogP contribution in [0.2, 0.25) is 0 Å². The number of hydrogen-bond donors (Lipinski definition) is 2. The Labute approximate surface area is 197 Å². The normalized spacial score (nSPS) is 10.9. The number of carbonyl (C=O) groups excluding carboxylic acids is 1. The minimum absolute atomic E-state index is 0.00547. The maximum Gasteiger partial charge on any atom is 0.490 e. The number of likely N-dealkylation sites (N-methyl/N-ethyl adjacent to an activating group) is 1. The lowest BCUT2D eigenvalue weighted by Crippen LogP contribution is -2.26. The summed E-state index contributed by atoms with van der Waals surface area (Å²) in [5.74, 6) is -2.06. The third-order valence-electron chi connectivity index (χ3n) is 4.67. The predicted octanol–water partition coefficient (Wildman–Crippen LogP) is 3.72. The number of nitrogens with zero attached hydrogens (tertiary/aromatic N) is 5. The Morgan fingerprint density at radius 1 is 1.03 bits per heavy atom. The summed E-state index contributed by atoms with van der Waals surface area (Å²) in [6, 6.07) is 13.9. The SMILES string of the molecule is CN(C)C(=O)Cn1cc(-c2ccnc(-c3ncc(-c4ccccc4)[nH]3)c2)cn1.O=C(O)C(F)(F)F. The molecule has 0 bridgehead atoms. The van der Waals surface area contributed by atoms with Gasteiger partial charge in [0.25, 0.3) is 0 Å². The molecule has 4 rings (SSSR count). The molecule has 0 saturated heterocycles. The number of carboxylic acid groups (broad SMARTS) is 1. The minimum atomic E-state index is -5.08. The summed E-state index contributed by atoms with van der Waals surface area (Å²) in [4.78, 5) is 34.5. The van der Waals surface area contributed by atoms with Crippen molar-refractivity contribution in [1.82, 2.24) is 29.6 Å². The molecule has 0 unspecified atom stereocenters. The molecule has 0 radical (unpaired) electrons. The van der Waals surface area contributed by atoms with E-state index >= 15 is 0 Å². The number of amides is 1. The monoisotopic (exact) mass is 486 g/mol. The van der Waals surface area contributed by atoms with Crippen molar-refractivity contribution < 1.29 is 27.9 Å². The van der Waals surface area contributed by atoms with Gasteiger partial charge in [0.05, 0.1) is 18.1 Å². The standard InChI is InChI=1S/C21H20N6O.C2HF3O2/c1-26(2)20(28)14-27-13-17(11-24-27)16-8-9-22-18(10-16)21-23-12-19(25-21)15-6-4-3-5-7-15;3-2(4,5)1(6)7/h3-13H,14H2,1-2H3,(H,23,25);(H,6,7). The van der Waals surface area contributed by atoms with Crippen molar-refractivity contribution in [2.24, 2.45) is 0 Å². The quantitative estimate of drug-likeness (QED) is 0.444. The van der Waals surface area contributed by atoms with Crippen LogP contribution >= 0.6 is 0 Å². The summed E-state index contributed by atoms with van der Waals surface area (Å²) in [6.07, 6.45) is 2.08. The van der Waals surface area contributed by atoms with E-state index in [4.69, 9.17) is 9.90 Å². The number of carboxylic acids is 1. The van der Waals surface area contributed by atoms with E-state index in [1.165, 1.54) is 0 Å². The number of aliphatic carboxylic acids is 1. The molecular formula is C23H21F3N6O3. The smallest absolute Gasteiger partial charge is 0.475 e. The number of aromatic nitrogens is 5. The van der Waals surface area contributed by atoms with Crippen LogP contribution in [0.25, 0.3) is 33.9 Å². The second kappa shape index (κ2) is 10.6. The van der Waals surface area contributed by atoms with Crippen LogP contribution < -0.4 is 0 Å². The Kier molecular flexibility index (Phi) is 7.64. The molecule has 12 heteroatoms. The third-order valence-corrected chi connectivity index (χ3v) is 4.67. The van der Waals surface area contributed by atoms with Gasteiger partial charge in [-0.25, -0.2) is 9.78 Å². The van der Waals surface area contributed by atoms with Crippen LogP contribution in [0.5, 0.6) is 0 Å². The van der Waals surface area contributed by atoms with Gasteiger partial charge in [0.1, 0.15) is 12.2 Å². The lowest BCUT2D eigenvalue weighted by molar-refractivity contribution is -0.192. The topological polar surface area (TPSA) is 117 Å². The highest BCUT2D eigenvalue weighted by molar-refractivity contribution is 5.75. The molecule has 0 saturated carbocycles. The zero-order chi connectivity index (χ0) is 25.6. The minimum Gasteiger partial charge on any atom is -0.475 e. The molecule has 0 aliphatic heterocycles. The Morgan fingerprint density at radius 2 is 1.71 bits per heavy atom. The number of pyridine rings is 1. The third kappa shape index (κ3) is 6.76. The van der Waals surface area contributed by atoms with E-state index in [9.17, 15) is 18.0 Å². The molecule has 3 aromatic heterocycles. The number of imidazole rings is 1. The summed E-state index contributed by atoms with van der Waals surface area (Å²) in [7, 11) is 3.46. The zero-order valence-electron chi connectivity index (χ0n) is 18.7.